The molecule has 4 aliphatic rings. The Morgan fingerprint density at radius 3 is 2.59 bits per heavy atom. The fraction of sp³-hybridized carbons (Fsp3) is 0.909. The summed E-state index contributed by atoms with van der Waals surface area (Å²) in [6.07, 6.45) is 18.1. The van der Waals surface area contributed by atoms with Crippen molar-refractivity contribution < 1.29 is 14.1 Å². The molecule has 3 nitrogen and oxygen atoms in total. The highest BCUT2D eigenvalue weighted by molar-refractivity contribution is 7.91. The van der Waals surface area contributed by atoms with Gasteiger partial charge in [0, 0.05) is 0 Å². The maximum absolute atomic E-state index is 12.2. The molecule has 4 heteroatoms. The Kier molecular flexibility index (Phi) is 9.99. The normalized spacial score (nSPS) is 38.9. The summed E-state index contributed by atoms with van der Waals surface area (Å²) in [6, 6.07) is 0. The third-order valence-corrected chi connectivity index (χ3v) is 12.9. The molecule has 1 unspecified atom stereocenters. The van der Waals surface area contributed by atoms with Crippen LogP contribution in [0.5, 0.6) is 0 Å². The molecule has 0 saturated heterocycles. The lowest BCUT2D eigenvalue weighted by molar-refractivity contribution is -0.116. The Labute approximate surface area is 231 Å². The van der Waals surface area contributed by atoms with Crippen LogP contribution in [0.4, 0.5) is 0 Å². The summed E-state index contributed by atoms with van der Waals surface area (Å²) in [5, 5.41) is 0. The molecule has 4 rings (SSSR count). The first-order valence-electron chi connectivity index (χ1n) is 15.7. The van der Waals surface area contributed by atoms with E-state index in [1.165, 1.54) is 57.8 Å². The van der Waals surface area contributed by atoms with Crippen molar-refractivity contribution in [1.29, 1.82) is 0 Å². The van der Waals surface area contributed by atoms with E-state index in [1.54, 1.807) is 12.5 Å². The van der Waals surface area contributed by atoms with Crippen LogP contribution in [0, 0.1) is 46.3 Å². The van der Waals surface area contributed by atoms with Gasteiger partial charge in [-0.25, -0.2) is 0 Å². The molecule has 212 valence electrons. The van der Waals surface area contributed by atoms with Crippen molar-refractivity contribution in [2.24, 2.45) is 46.3 Å². The average Bonchev–Trinajstić information content (AvgIpc) is 3.20. The van der Waals surface area contributed by atoms with Crippen LogP contribution < -0.4 is 0 Å². The van der Waals surface area contributed by atoms with Crippen LogP contribution >= 0.6 is 0 Å². The smallest absolute Gasteiger partial charge is 0.134 e. The van der Waals surface area contributed by atoms with Gasteiger partial charge in [0.15, 0.2) is 0 Å². The summed E-state index contributed by atoms with van der Waals surface area (Å²) in [6.45, 7) is 14.7. The van der Waals surface area contributed by atoms with Crippen molar-refractivity contribution in [2.75, 3.05) is 18.1 Å². The van der Waals surface area contributed by atoms with Crippen molar-refractivity contribution in [3.8, 4) is 0 Å². The number of Topliss-reactive ketones (excluding diaryl/α,β-unsaturated/α-hetero) is 1. The number of ketones is 1. The minimum Gasteiger partial charge on any atom is -0.616 e. The van der Waals surface area contributed by atoms with Gasteiger partial charge in [0.1, 0.15) is 17.3 Å². The summed E-state index contributed by atoms with van der Waals surface area (Å²) in [4.78, 5) is 11.1. The second-order valence-corrected chi connectivity index (χ2v) is 16.0. The van der Waals surface area contributed by atoms with Crippen LogP contribution in [-0.2, 0) is 20.7 Å². The third-order valence-electron chi connectivity index (χ3n) is 11.6. The van der Waals surface area contributed by atoms with Gasteiger partial charge in [0.2, 0.25) is 0 Å². The summed E-state index contributed by atoms with van der Waals surface area (Å²) in [5.41, 5.74) is 2.58. The molecule has 0 radical (unpaired) electrons. The first-order chi connectivity index (χ1) is 17.5. The van der Waals surface area contributed by atoms with E-state index in [4.69, 9.17) is 4.74 Å². The lowest BCUT2D eigenvalue weighted by Crippen LogP contribution is -2.51. The van der Waals surface area contributed by atoms with E-state index in [0.29, 0.717) is 35.4 Å². The molecule has 0 aromatic rings. The second-order valence-electron chi connectivity index (χ2n) is 14.3. The number of allylic oxidation sites excluding steroid dienone is 1. The zero-order valence-corrected chi connectivity index (χ0v) is 25.7. The second kappa shape index (κ2) is 12.5. The fourth-order valence-corrected chi connectivity index (χ4v) is 10.5. The molecule has 0 amide bonds. The number of fused-ring (bicyclic) bond motifs is 5. The Balaban J connectivity index is 1.33. The van der Waals surface area contributed by atoms with E-state index in [2.05, 4.69) is 40.7 Å². The number of carbonyl (C=O) groups is 1. The Morgan fingerprint density at radius 1 is 1.08 bits per heavy atom. The Morgan fingerprint density at radius 2 is 1.86 bits per heavy atom. The average molecular weight is 533 g/mol. The molecule has 0 heterocycles. The van der Waals surface area contributed by atoms with Gasteiger partial charge in [-0.05, 0) is 105 Å². The SMILES string of the molecule is CC(=O)CC[S+]([O-])CCO[C@H]1CC[C@@]2(C)C(=CC[C@H]3[C@@H]4CC[C@H]([C@H](C)CCCC(C)C)[C@@]4(C)CC[C@@H]32)C1. The standard InChI is InChI=1S/C33H56O3S/c1-23(2)8-7-9-24(3)29-12-13-30-28-11-10-26-22-27(36-19-21-37(35)20-16-25(4)34)14-17-32(26,5)31(28)15-18-33(29,30)6/h10,23-24,27-31H,7-9,11-22H2,1-6H3/t24-,27+,28+,29-,30+,31+,32+,33-,37?/m1/s1. The van der Waals surface area contributed by atoms with Gasteiger partial charge in [-0.2, -0.15) is 0 Å². The lowest BCUT2D eigenvalue weighted by atomic mass is 9.47. The van der Waals surface area contributed by atoms with Gasteiger partial charge in [-0.3, -0.25) is 4.79 Å². The number of ether oxygens (including phenoxy) is 1. The number of carbonyl (C=O) groups excluding carboxylic acids is 1. The zero-order chi connectivity index (χ0) is 26.8. The van der Waals surface area contributed by atoms with Crippen LogP contribution in [0.2, 0.25) is 0 Å². The van der Waals surface area contributed by atoms with Crippen LogP contribution in [0.3, 0.4) is 0 Å². The molecular weight excluding hydrogens is 476 g/mol. The molecule has 0 aromatic carbocycles. The Hall–Kier alpha value is -0.320. The van der Waals surface area contributed by atoms with Gasteiger partial charge in [-0.15, -0.1) is 0 Å². The van der Waals surface area contributed by atoms with Crippen molar-refractivity contribution >= 4 is 17.0 Å². The van der Waals surface area contributed by atoms with Crippen molar-refractivity contribution in [3.63, 3.8) is 0 Å². The molecule has 37 heavy (non-hydrogen) atoms. The summed E-state index contributed by atoms with van der Waals surface area (Å²) < 4.78 is 18.4. The molecule has 0 bridgehead atoms. The number of hydrogen-bond acceptors (Lipinski definition) is 3. The quantitative estimate of drug-likeness (QED) is 0.188. The summed E-state index contributed by atoms with van der Waals surface area (Å²) >= 11 is -0.945. The van der Waals surface area contributed by atoms with Crippen molar-refractivity contribution in [1.82, 2.24) is 0 Å². The number of rotatable bonds is 12. The third kappa shape index (κ3) is 6.54. The van der Waals surface area contributed by atoms with Gasteiger partial charge in [0.05, 0.1) is 19.1 Å². The highest BCUT2D eigenvalue weighted by Crippen LogP contribution is 2.67. The van der Waals surface area contributed by atoms with Gasteiger partial charge >= 0.3 is 0 Å². The molecular formula is C33H56O3S. The monoisotopic (exact) mass is 532 g/mol. The molecule has 4 aliphatic carbocycles. The summed E-state index contributed by atoms with van der Waals surface area (Å²) in [7, 11) is 0. The van der Waals surface area contributed by atoms with Gasteiger partial charge in [0.25, 0.3) is 0 Å². The molecule has 0 aromatic heterocycles. The topological polar surface area (TPSA) is 49.4 Å². The van der Waals surface area contributed by atoms with Gasteiger partial charge < -0.3 is 9.29 Å². The molecule has 0 spiro atoms. The maximum Gasteiger partial charge on any atom is 0.134 e. The largest absolute Gasteiger partial charge is 0.616 e. The van der Waals surface area contributed by atoms with Gasteiger partial charge in [-0.1, -0.05) is 76.7 Å². The molecule has 0 N–H and O–H groups in total. The van der Waals surface area contributed by atoms with Crippen molar-refractivity contribution in [2.45, 2.75) is 125 Å². The van der Waals surface area contributed by atoms with E-state index in [9.17, 15) is 9.35 Å². The predicted molar refractivity (Wildman–Crippen MR) is 156 cm³/mol. The number of hydrogen-bond donors (Lipinski definition) is 0. The van der Waals surface area contributed by atoms with Crippen LogP contribution in [0.1, 0.15) is 119 Å². The molecule has 3 saturated carbocycles. The molecule has 0 aliphatic heterocycles. The predicted octanol–water partition coefficient (Wildman–Crippen LogP) is 8.14. The first-order valence-corrected chi connectivity index (χ1v) is 17.2. The fourth-order valence-electron chi connectivity index (χ4n) is 9.46. The lowest BCUT2D eigenvalue weighted by Gasteiger charge is -2.58. The zero-order valence-electron chi connectivity index (χ0n) is 24.9. The van der Waals surface area contributed by atoms with Crippen LogP contribution in [0.15, 0.2) is 11.6 Å². The molecule has 3 fully saturated rings. The van der Waals surface area contributed by atoms with E-state index in [1.807, 2.05) is 0 Å². The minimum absolute atomic E-state index is 0.121. The first kappa shape index (κ1) is 29.7. The van der Waals surface area contributed by atoms with Crippen LogP contribution in [0.25, 0.3) is 0 Å². The Bertz CT molecular complexity index is 807. The van der Waals surface area contributed by atoms with Crippen molar-refractivity contribution in [3.05, 3.63) is 11.6 Å². The van der Waals surface area contributed by atoms with Crippen LogP contribution in [-0.4, -0.2) is 34.6 Å². The highest BCUT2D eigenvalue weighted by Gasteiger charge is 2.59. The minimum atomic E-state index is -0.945. The van der Waals surface area contributed by atoms with E-state index < -0.39 is 11.2 Å². The summed E-state index contributed by atoms with van der Waals surface area (Å²) in [5.74, 6) is 6.43. The van der Waals surface area contributed by atoms with E-state index in [-0.39, 0.29) is 11.9 Å². The molecule has 9 atom stereocenters. The maximum atomic E-state index is 12.2. The van der Waals surface area contributed by atoms with E-state index in [0.717, 1.165) is 48.3 Å². The van der Waals surface area contributed by atoms with E-state index >= 15 is 0 Å². The highest BCUT2D eigenvalue weighted by atomic mass is 32.2.